The van der Waals surface area contributed by atoms with E-state index in [0.717, 1.165) is 0 Å². The summed E-state index contributed by atoms with van der Waals surface area (Å²) in [5.41, 5.74) is 0.754. The van der Waals surface area contributed by atoms with Crippen molar-refractivity contribution in [2.45, 2.75) is 0 Å². The fourth-order valence-corrected chi connectivity index (χ4v) is 1.27. The highest BCUT2D eigenvalue weighted by Gasteiger charge is 2.06. The van der Waals surface area contributed by atoms with Crippen LogP contribution in [-0.2, 0) is 9.59 Å². The van der Waals surface area contributed by atoms with E-state index >= 15 is 0 Å². The fraction of sp³-hybridized carbons (Fsp3) is 0. The van der Waals surface area contributed by atoms with Gasteiger partial charge in [0, 0.05) is 11.5 Å². The van der Waals surface area contributed by atoms with Crippen LogP contribution in [0.5, 0.6) is 0 Å². The normalized spacial score (nSPS) is 9.33. The zero-order valence-electron chi connectivity index (χ0n) is 7.43. The molecule has 0 fully saturated rings. The lowest BCUT2D eigenvalue weighted by molar-refractivity contribution is 0.560. The number of furan rings is 1. The molecule has 5 heteroatoms. The third kappa shape index (κ3) is 1.60. The van der Waals surface area contributed by atoms with Gasteiger partial charge in [-0.15, -0.1) is 4.99 Å². The van der Waals surface area contributed by atoms with Crippen molar-refractivity contribution in [2.24, 2.45) is 9.98 Å². The van der Waals surface area contributed by atoms with Crippen molar-refractivity contribution in [1.82, 2.24) is 0 Å². The topological polar surface area (TPSA) is 72.0 Å². The summed E-state index contributed by atoms with van der Waals surface area (Å²) in [7, 11) is 0. The Morgan fingerprint density at radius 1 is 1.13 bits per heavy atom. The van der Waals surface area contributed by atoms with Gasteiger partial charge in [-0.3, -0.25) is 0 Å². The first kappa shape index (κ1) is 9.09. The number of aliphatic imine (C=N–C) groups is 2. The number of carbonyl (C=O) groups excluding carboxylic acids is 2. The molecule has 1 aromatic heterocycles. The molecule has 1 heterocycles. The van der Waals surface area contributed by atoms with Crippen LogP contribution in [0.25, 0.3) is 11.0 Å². The van der Waals surface area contributed by atoms with Crippen LogP contribution in [0.2, 0.25) is 0 Å². The molecule has 1 aromatic carbocycles. The Bertz CT molecular complexity index is 602. The van der Waals surface area contributed by atoms with Gasteiger partial charge in [0.15, 0.2) is 5.58 Å². The van der Waals surface area contributed by atoms with Crippen LogP contribution in [0.3, 0.4) is 0 Å². The van der Waals surface area contributed by atoms with E-state index < -0.39 is 0 Å². The van der Waals surface area contributed by atoms with Gasteiger partial charge < -0.3 is 4.42 Å². The largest absolute Gasteiger partial charge is 0.435 e. The zero-order valence-corrected chi connectivity index (χ0v) is 7.43. The first-order valence-corrected chi connectivity index (χ1v) is 4.03. The molecule has 0 bridgehead atoms. The highest BCUT2D eigenvalue weighted by atomic mass is 16.3. The van der Waals surface area contributed by atoms with Crippen LogP contribution < -0.4 is 0 Å². The van der Waals surface area contributed by atoms with Gasteiger partial charge >= 0.3 is 0 Å². The minimum absolute atomic E-state index is 0.133. The van der Waals surface area contributed by atoms with Crippen molar-refractivity contribution in [3.63, 3.8) is 0 Å². The summed E-state index contributed by atoms with van der Waals surface area (Å²) in [5.74, 6) is 0.133. The third-order valence-electron chi connectivity index (χ3n) is 1.83. The third-order valence-corrected chi connectivity index (χ3v) is 1.83. The number of para-hydroxylation sites is 1. The van der Waals surface area contributed by atoms with Crippen molar-refractivity contribution in [1.29, 1.82) is 0 Å². The molecule has 2 aromatic rings. The second-order valence-corrected chi connectivity index (χ2v) is 2.69. The SMILES string of the molecule is O=C=Nc1cc2cccc(N=C=O)c2o1. The Morgan fingerprint density at radius 2 is 1.93 bits per heavy atom. The van der Waals surface area contributed by atoms with Gasteiger partial charge in [0.25, 0.3) is 0 Å². The van der Waals surface area contributed by atoms with Crippen molar-refractivity contribution in [3.05, 3.63) is 24.3 Å². The van der Waals surface area contributed by atoms with Crippen LogP contribution in [0, 0.1) is 0 Å². The maximum Gasteiger partial charge on any atom is 0.243 e. The number of benzene rings is 1. The Balaban J connectivity index is 2.74. The smallest absolute Gasteiger partial charge is 0.243 e. The van der Waals surface area contributed by atoms with Crippen molar-refractivity contribution in [3.8, 4) is 0 Å². The minimum atomic E-state index is 0.133. The summed E-state index contributed by atoms with van der Waals surface area (Å²) >= 11 is 0. The second-order valence-electron chi connectivity index (χ2n) is 2.69. The monoisotopic (exact) mass is 200 g/mol. The van der Waals surface area contributed by atoms with Crippen LogP contribution in [0.4, 0.5) is 11.6 Å². The molecular weight excluding hydrogens is 196 g/mol. The average Bonchev–Trinajstić information content (AvgIpc) is 2.62. The van der Waals surface area contributed by atoms with Crippen molar-refractivity contribution >= 4 is 34.7 Å². The number of fused-ring (bicyclic) bond motifs is 1. The van der Waals surface area contributed by atoms with E-state index in [1.807, 2.05) is 0 Å². The quantitative estimate of drug-likeness (QED) is 0.551. The summed E-state index contributed by atoms with van der Waals surface area (Å²) in [5, 5.41) is 0.709. The predicted octanol–water partition coefficient (Wildman–Crippen LogP) is 2.37. The lowest BCUT2D eigenvalue weighted by atomic mass is 10.2. The van der Waals surface area contributed by atoms with Crippen LogP contribution >= 0.6 is 0 Å². The molecule has 5 nitrogen and oxygen atoms in total. The molecule has 72 valence electrons. The molecule has 0 saturated heterocycles. The van der Waals surface area contributed by atoms with E-state index in [1.54, 1.807) is 24.3 Å². The second kappa shape index (κ2) is 3.72. The molecule has 0 atom stereocenters. The predicted molar refractivity (Wildman–Crippen MR) is 51.8 cm³/mol. The Labute approximate surface area is 83.8 Å². The van der Waals surface area contributed by atoms with E-state index in [2.05, 4.69) is 9.98 Å². The van der Waals surface area contributed by atoms with Crippen LogP contribution in [0.1, 0.15) is 0 Å². The first-order chi connectivity index (χ1) is 7.35. The molecule has 0 saturated carbocycles. The summed E-state index contributed by atoms with van der Waals surface area (Å²) in [4.78, 5) is 27.0. The summed E-state index contributed by atoms with van der Waals surface area (Å²) in [6, 6.07) is 6.63. The minimum Gasteiger partial charge on any atom is -0.435 e. The number of hydrogen-bond acceptors (Lipinski definition) is 5. The summed E-state index contributed by atoms with van der Waals surface area (Å²) in [6.07, 6.45) is 2.79. The molecule has 2 rings (SSSR count). The van der Waals surface area contributed by atoms with Gasteiger partial charge in [0.05, 0.1) is 0 Å². The van der Waals surface area contributed by atoms with Gasteiger partial charge in [-0.25, -0.2) is 9.59 Å². The van der Waals surface area contributed by atoms with Gasteiger partial charge in [-0.05, 0) is 6.07 Å². The fourth-order valence-electron chi connectivity index (χ4n) is 1.27. The van der Waals surface area contributed by atoms with E-state index in [-0.39, 0.29) is 5.88 Å². The molecule has 0 unspecified atom stereocenters. The lowest BCUT2D eigenvalue weighted by Crippen LogP contribution is -1.65. The van der Waals surface area contributed by atoms with Gasteiger partial charge in [-0.2, -0.15) is 4.99 Å². The maximum absolute atomic E-state index is 10.1. The highest BCUT2D eigenvalue weighted by Crippen LogP contribution is 2.31. The molecule has 0 spiro atoms. The Morgan fingerprint density at radius 3 is 2.67 bits per heavy atom. The van der Waals surface area contributed by atoms with Gasteiger partial charge in [-0.1, -0.05) is 12.1 Å². The zero-order chi connectivity index (χ0) is 10.7. The van der Waals surface area contributed by atoms with Gasteiger partial charge in [0.2, 0.25) is 18.0 Å². The lowest BCUT2D eigenvalue weighted by Gasteiger charge is -1.90. The van der Waals surface area contributed by atoms with Gasteiger partial charge in [0.1, 0.15) is 5.69 Å². The molecular formula is C10H4N2O3. The van der Waals surface area contributed by atoms with E-state index in [1.165, 1.54) is 12.2 Å². The van der Waals surface area contributed by atoms with E-state index in [9.17, 15) is 9.59 Å². The number of hydrogen-bond donors (Lipinski definition) is 0. The Kier molecular flexibility index (Phi) is 2.25. The molecule has 15 heavy (non-hydrogen) atoms. The number of rotatable bonds is 2. The van der Waals surface area contributed by atoms with E-state index in [4.69, 9.17) is 4.42 Å². The molecule has 0 N–H and O–H groups in total. The standard InChI is InChI=1S/C10H4N2O3/c13-5-11-8-3-1-2-7-4-9(12-6-14)15-10(7)8/h1-4H. The number of nitrogens with zero attached hydrogens (tertiary/aromatic N) is 2. The molecule has 0 amide bonds. The summed E-state index contributed by atoms with van der Waals surface area (Å²) < 4.78 is 5.19. The molecule has 0 radical (unpaired) electrons. The Hall–Kier alpha value is -2.48. The number of isocyanates is 2. The van der Waals surface area contributed by atoms with Crippen LogP contribution in [0.15, 0.2) is 38.7 Å². The average molecular weight is 200 g/mol. The first-order valence-electron chi connectivity index (χ1n) is 4.03. The van der Waals surface area contributed by atoms with Crippen molar-refractivity contribution in [2.75, 3.05) is 0 Å². The van der Waals surface area contributed by atoms with Crippen LogP contribution in [-0.4, -0.2) is 12.2 Å². The van der Waals surface area contributed by atoms with Crippen molar-refractivity contribution < 1.29 is 14.0 Å². The van der Waals surface area contributed by atoms with E-state index in [0.29, 0.717) is 16.7 Å². The molecule has 0 aliphatic rings. The molecule has 0 aliphatic heterocycles. The molecule has 0 aliphatic carbocycles. The summed E-state index contributed by atoms with van der Waals surface area (Å²) in [6.45, 7) is 0. The maximum atomic E-state index is 10.1. The highest BCUT2D eigenvalue weighted by molar-refractivity contribution is 5.90.